The molecule has 0 amide bonds. The lowest BCUT2D eigenvalue weighted by molar-refractivity contribution is 0.103. The third-order valence-electron chi connectivity index (χ3n) is 9.65. The minimum atomic E-state index is 0.626. The molecule has 3 saturated heterocycles. The Morgan fingerprint density at radius 1 is 0.839 bits per heavy atom. The second-order valence-corrected chi connectivity index (χ2v) is 16.2. The maximum atomic E-state index is 5.98. The SMILES string of the molecule is CC.CC.CC.CN(C)C.COc1c(Nc2cc(C)[nH]n2)nc(Sc2ccc(SCc3ccccc3)cc2)nc1N1CCN(CC2CC3CCC(C2)N3C)CC1. The number of aryl methyl sites for hydroxylation is 1. The highest BCUT2D eigenvalue weighted by atomic mass is 32.2. The zero-order valence-electron chi connectivity index (χ0n) is 36.4. The van der Waals surface area contributed by atoms with Crippen LogP contribution in [0.3, 0.4) is 0 Å². The number of nitrogens with zero attached hydrogens (tertiary/aromatic N) is 7. The molecule has 3 fully saturated rings. The van der Waals surface area contributed by atoms with Crippen LogP contribution >= 0.6 is 23.5 Å². The van der Waals surface area contributed by atoms with Gasteiger partial charge in [0.1, 0.15) is 0 Å². The van der Waals surface area contributed by atoms with E-state index in [2.05, 4.69) is 91.9 Å². The zero-order valence-corrected chi connectivity index (χ0v) is 38.1. The Balaban J connectivity index is 0.000000770. The lowest BCUT2D eigenvalue weighted by Gasteiger charge is -2.41. The van der Waals surface area contributed by atoms with Crippen molar-refractivity contribution in [2.45, 2.75) is 107 Å². The minimum absolute atomic E-state index is 0.626. The Labute approximate surface area is 348 Å². The van der Waals surface area contributed by atoms with Gasteiger partial charge in [0, 0.05) is 72.1 Å². The van der Waals surface area contributed by atoms with E-state index in [1.807, 2.05) is 92.3 Å². The van der Waals surface area contributed by atoms with Gasteiger partial charge in [-0.2, -0.15) is 5.10 Å². The summed E-state index contributed by atoms with van der Waals surface area (Å²) in [6.07, 6.45) is 5.46. The number of piperidine rings is 1. The van der Waals surface area contributed by atoms with Crippen LogP contribution in [0, 0.1) is 12.8 Å². The standard InChI is InChI=1S/C35H44N8OS2.C3H9N.3C2H6/c1-24-19-31(40-39-24)36-33-32(44-3)34(43-17-15-42(16-18-43)22-26-20-27-9-10-28(21-26)41(27)2)38-35(37-33)46-30-13-11-29(12-14-30)45-23-25-7-5-4-6-8-25;1-4(2)3;3*1-2/h4-8,11-14,19,26-28H,9-10,15-18,20-23H2,1-3H3,(H2,36,37,38,39,40);1-3H3;3*1-2H3. The number of nitrogens with one attached hydrogen (secondary N) is 2. The Kier molecular flexibility index (Phi) is 21.1. The van der Waals surface area contributed by atoms with E-state index in [-0.39, 0.29) is 0 Å². The van der Waals surface area contributed by atoms with Crippen LogP contribution in [0.1, 0.15) is 78.5 Å². The van der Waals surface area contributed by atoms with Gasteiger partial charge in [0.15, 0.2) is 22.6 Å². The fourth-order valence-electron chi connectivity index (χ4n) is 7.19. The summed E-state index contributed by atoms with van der Waals surface area (Å²) in [5, 5.41) is 11.5. The second kappa shape index (κ2) is 25.2. The Hall–Kier alpha value is -3.29. The molecule has 4 aromatic rings. The lowest BCUT2D eigenvalue weighted by Crippen LogP contribution is -2.50. The molecule has 2 bridgehead atoms. The fraction of sp³-hybridized carbons (Fsp3) is 0.568. The highest BCUT2D eigenvalue weighted by molar-refractivity contribution is 7.99. The average molecular weight is 806 g/mol. The summed E-state index contributed by atoms with van der Waals surface area (Å²) in [6.45, 7) is 19.1. The molecule has 56 heavy (non-hydrogen) atoms. The number of thioether (sulfide) groups is 1. The van der Waals surface area contributed by atoms with Crippen molar-refractivity contribution >= 4 is 41.0 Å². The van der Waals surface area contributed by atoms with Crippen molar-refractivity contribution in [2.24, 2.45) is 5.92 Å². The molecule has 2 atom stereocenters. The summed E-state index contributed by atoms with van der Waals surface area (Å²) in [4.78, 5) is 22.0. The van der Waals surface area contributed by atoms with Crippen LogP contribution in [0.15, 0.2) is 75.6 Å². The second-order valence-electron chi connectivity index (χ2n) is 14.1. The molecule has 2 aromatic heterocycles. The van der Waals surface area contributed by atoms with E-state index in [4.69, 9.17) is 14.7 Å². The van der Waals surface area contributed by atoms with Crippen molar-refractivity contribution in [3.8, 4) is 5.75 Å². The van der Waals surface area contributed by atoms with Crippen LogP contribution in [0.4, 0.5) is 17.5 Å². The molecule has 3 aliphatic heterocycles. The molecule has 0 saturated carbocycles. The normalized spacial score (nSPS) is 18.9. The van der Waals surface area contributed by atoms with Crippen molar-refractivity contribution in [1.82, 2.24) is 34.9 Å². The number of fused-ring (bicyclic) bond motifs is 2. The van der Waals surface area contributed by atoms with E-state index in [0.29, 0.717) is 22.5 Å². The largest absolute Gasteiger partial charge is 0.490 e. The van der Waals surface area contributed by atoms with Gasteiger partial charge in [0.2, 0.25) is 5.75 Å². The van der Waals surface area contributed by atoms with Crippen molar-refractivity contribution in [2.75, 3.05) is 78.2 Å². The summed E-state index contributed by atoms with van der Waals surface area (Å²) in [5.74, 6) is 4.58. The van der Waals surface area contributed by atoms with E-state index in [0.717, 1.165) is 66.3 Å². The van der Waals surface area contributed by atoms with E-state index in [9.17, 15) is 0 Å². The van der Waals surface area contributed by atoms with Crippen LogP contribution in [0.25, 0.3) is 0 Å². The highest BCUT2D eigenvalue weighted by Crippen LogP contribution is 2.40. The molecular weight excluding hydrogens is 735 g/mol. The highest BCUT2D eigenvalue weighted by Gasteiger charge is 2.39. The van der Waals surface area contributed by atoms with Crippen LogP contribution in [0.2, 0.25) is 0 Å². The van der Waals surface area contributed by atoms with Crippen LogP contribution < -0.4 is 15.0 Å². The number of hydrogen-bond donors (Lipinski definition) is 2. The number of anilines is 3. The lowest BCUT2D eigenvalue weighted by atomic mass is 9.90. The molecule has 12 heteroatoms. The molecule has 3 aliphatic rings. The Bertz CT molecular complexity index is 1630. The molecular formula is C44H71N9OS2. The first-order valence-corrected chi connectivity index (χ1v) is 22.5. The number of hydrogen-bond acceptors (Lipinski definition) is 11. The van der Waals surface area contributed by atoms with E-state index >= 15 is 0 Å². The number of methoxy groups -OCH3 is 1. The van der Waals surface area contributed by atoms with E-state index < -0.39 is 0 Å². The van der Waals surface area contributed by atoms with E-state index in [1.165, 1.54) is 42.7 Å². The summed E-state index contributed by atoms with van der Waals surface area (Å²) in [6, 6.07) is 22.8. The maximum absolute atomic E-state index is 5.98. The first-order valence-electron chi connectivity index (χ1n) is 20.7. The molecule has 0 radical (unpaired) electrons. The fourth-order valence-corrected chi connectivity index (χ4v) is 8.79. The zero-order chi connectivity index (χ0) is 41.0. The molecule has 310 valence electrons. The Morgan fingerprint density at radius 2 is 1.43 bits per heavy atom. The number of rotatable bonds is 11. The number of benzene rings is 2. The van der Waals surface area contributed by atoms with Gasteiger partial charge in [-0.05, 0) is 108 Å². The van der Waals surface area contributed by atoms with Crippen molar-refractivity contribution in [3.05, 3.63) is 71.9 Å². The van der Waals surface area contributed by atoms with Crippen molar-refractivity contribution in [3.63, 3.8) is 0 Å². The predicted octanol–water partition coefficient (Wildman–Crippen LogP) is 9.96. The monoisotopic (exact) mass is 806 g/mol. The molecule has 2 N–H and O–H groups in total. The molecule has 7 rings (SSSR count). The van der Waals surface area contributed by atoms with Crippen LogP contribution in [0.5, 0.6) is 5.75 Å². The van der Waals surface area contributed by atoms with E-state index in [1.54, 1.807) is 18.9 Å². The maximum Gasteiger partial charge on any atom is 0.204 e. The van der Waals surface area contributed by atoms with Crippen LogP contribution in [-0.4, -0.2) is 115 Å². The van der Waals surface area contributed by atoms with Gasteiger partial charge in [0.25, 0.3) is 0 Å². The quantitative estimate of drug-likeness (QED) is 0.112. The molecule has 10 nitrogen and oxygen atoms in total. The van der Waals surface area contributed by atoms with Gasteiger partial charge in [-0.25, -0.2) is 9.97 Å². The summed E-state index contributed by atoms with van der Waals surface area (Å²) in [5.41, 5.74) is 2.30. The topological polar surface area (TPSA) is 88.7 Å². The van der Waals surface area contributed by atoms with Gasteiger partial charge in [-0.1, -0.05) is 71.9 Å². The number of aromatic amines is 1. The van der Waals surface area contributed by atoms with Crippen molar-refractivity contribution in [1.29, 1.82) is 0 Å². The number of ether oxygens (including phenoxy) is 1. The smallest absolute Gasteiger partial charge is 0.204 e. The number of piperazine rings is 1. The number of aromatic nitrogens is 4. The number of H-pyrrole nitrogens is 1. The van der Waals surface area contributed by atoms with Gasteiger partial charge in [0.05, 0.1) is 7.11 Å². The third kappa shape index (κ3) is 14.3. The molecule has 2 aromatic carbocycles. The molecule has 5 heterocycles. The first kappa shape index (κ1) is 47.1. The average Bonchev–Trinajstić information content (AvgIpc) is 3.71. The summed E-state index contributed by atoms with van der Waals surface area (Å²) >= 11 is 3.42. The van der Waals surface area contributed by atoms with Gasteiger partial charge in [-0.15, -0.1) is 11.8 Å². The van der Waals surface area contributed by atoms with Gasteiger partial charge < -0.3 is 24.8 Å². The molecule has 0 spiro atoms. The van der Waals surface area contributed by atoms with Gasteiger partial charge >= 0.3 is 0 Å². The van der Waals surface area contributed by atoms with Crippen molar-refractivity contribution < 1.29 is 4.74 Å². The third-order valence-corrected chi connectivity index (χ3v) is 11.6. The first-order chi connectivity index (χ1) is 27.2. The summed E-state index contributed by atoms with van der Waals surface area (Å²) in [7, 11) is 10.0. The van der Waals surface area contributed by atoms with Gasteiger partial charge in [-0.3, -0.25) is 10.00 Å². The van der Waals surface area contributed by atoms with Crippen LogP contribution in [-0.2, 0) is 5.75 Å². The Morgan fingerprint density at radius 3 is 1.98 bits per heavy atom. The minimum Gasteiger partial charge on any atom is -0.490 e. The predicted molar refractivity (Wildman–Crippen MR) is 241 cm³/mol. The summed E-state index contributed by atoms with van der Waals surface area (Å²) < 4.78 is 5.98. The molecule has 2 unspecified atom stereocenters. The molecule has 0 aliphatic carbocycles.